The SMILES string of the molecule is COC(=O)Cc1cnn2ccc(B3OC(C)(C)C(C)(C)O3)cc12. The molecular weight excluding hydrogens is 295 g/mol. The molecule has 0 aromatic carbocycles. The number of methoxy groups -OCH3 is 1. The van der Waals surface area contributed by atoms with E-state index in [9.17, 15) is 4.79 Å². The van der Waals surface area contributed by atoms with Gasteiger partial charge in [-0.15, -0.1) is 0 Å². The zero-order valence-electron chi connectivity index (χ0n) is 14.1. The molecule has 2 aromatic heterocycles. The molecule has 0 bridgehead atoms. The van der Waals surface area contributed by atoms with Gasteiger partial charge in [-0.1, -0.05) is 0 Å². The Kier molecular flexibility index (Phi) is 3.73. The fourth-order valence-electron chi connectivity index (χ4n) is 2.54. The van der Waals surface area contributed by atoms with Gasteiger partial charge in [-0.2, -0.15) is 5.10 Å². The van der Waals surface area contributed by atoms with E-state index in [1.165, 1.54) is 7.11 Å². The molecule has 0 aliphatic carbocycles. The molecule has 23 heavy (non-hydrogen) atoms. The Hall–Kier alpha value is -1.86. The summed E-state index contributed by atoms with van der Waals surface area (Å²) in [6, 6.07) is 3.87. The van der Waals surface area contributed by atoms with E-state index < -0.39 is 7.12 Å². The van der Waals surface area contributed by atoms with E-state index in [2.05, 4.69) is 5.10 Å². The number of fused-ring (bicyclic) bond motifs is 1. The van der Waals surface area contributed by atoms with Crippen LogP contribution < -0.4 is 5.46 Å². The number of pyridine rings is 1. The van der Waals surface area contributed by atoms with Gasteiger partial charge in [0, 0.05) is 11.8 Å². The minimum Gasteiger partial charge on any atom is -0.469 e. The maximum absolute atomic E-state index is 11.5. The van der Waals surface area contributed by atoms with Crippen molar-refractivity contribution >= 4 is 24.1 Å². The van der Waals surface area contributed by atoms with Crippen LogP contribution in [0.3, 0.4) is 0 Å². The zero-order valence-corrected chi connectivity index (χ0v) is 14.1. The summed E-state index contributed by atoms with van der Waals surface area (Å²) in [6.45, 7) is 8.08. The van der Waals surface area contributed by atoms with Crippen LogP contribution in [0.25, 0.3) is 5.52 Å². The summed E-state index contributed by atoms with van der Waals surface area (Å²) < 4.78 is 18.6. The Morgan fingerprint density at radius 2 is 1.96 bits per heavy atom. The molecule has 0 atom stereocenters. The van der Waals surface area contributed by atoms with Gasteiger partial charge < -0.3 is 14.0 Å². The van der Waals surface area contributed by atoms with Crippen LogP contribution in [0.1, 0.15) is 33.3 Å². The third-order valence-electron chi connectivity index (χ3n) is 4.71. The topological polar surface area (TPSA) is 62.1 Å². The molecule has 0 saturated carbocycles. The summed E-state index contributed by atoms with van der Waals surface area (Å²) in [7, 11) is 0.940. The highest BCUT2D eigenvalue weighted by molar-refractivity contribution is 6.62. The van der Waals surface area contributed by atoms with Crippen LogP contribution in [0, 0.1) is 0 Å². The van der Waals surface area contributed by atoms with E-state index in [4.69, 9.17) is 14.0 Å². The molecule has 1 aliphatic rings. The molecular formula is C16H21BN2O4. The number of esters is 1. The first-order valence-corrected chi connectivity index (χ1v) is 7.62. The number of hydrogen-bond donors (Lipinski definition) is 0. The van der Waals surface area contributed by atoms with Gasteiger partial charge in [-0.05, 0) is 45.3 Å². The van der Waals surface area contributed by atoms with Gasteiger partial charge in [0.15, 0.2) is 0 Å². The molecule has 2 aromatic rings. The molecule has 3 rings (SSSR count). The van der Waals surface area contributed by atoms with E-state index in [0.29, 0.717) is 0 Å². The van der Waals surface area contributed by atoms with Crippen LogP contribution >= 0.6 is 0 Å². The first kappa shape index (κ1) is 16.0. The molecule has 1 fully saturated rings. The van der Waals surface area contributed by atoms with Crippen molar-refractivity contribution in [3.05, 3.63) is 30.1 Å². The summed E-state index contributed by atoms with van der Waals surface area (Å²) in [6.07, 6.45) is 3.71. The molecule has 0 radical (unpaired) electrons. The predicted molar refractivity (Wildman–Crippen MR) is 86.6 cm³/mol. The quantitative estimate of drug-likeness (QED) is 0.632. The summed E-state index contributed by atoms with van der Waals surface area (Å²) in [5.41, 5.74) is 1.79. The van der Waals surface area contributed by atoms with E-state index in [1.54, 1.807) is 10.7 Å². The molecule has 0 N–H and O–H groups in total. The number of carbonyl (C=O) groups excluding carboxylic acids is 1. The fraction of sp³-hybridized carbons (Fsp3) is 0.500. The van der Waals surface area contributed by atoms with E-state index in [-0.39, 0.29) is 23.6 Å². The zero-order chi connectivity index (χ0) is 16.8. The number of aromatic nitrogens is 2. The van der Waals surface area contributed by atoms with Crippen LogP contribution in [0.5, 0.6) is 0 Å². The number of hydrogen-bond acceptors (Lipinski definition) is 5. The lowest BCUT2D eigenvalue weighted by molar-refractivity contribution is -0.139. The number of nitrogens with zero attached hydrogens (tertiary/aromatic N) is 2. The Labute approximate surface area is 135 Å². The highest BCUT2D eigenvalue weighted by Gasteiger charge is 2.51. The van der Waals surface area contributed by atoms with Gasteiger partial charge in [0.25, 0.3) is 0 Å². The van der Waals surface area contributed by atoms with E-state index in [1.807, 2.05) is 46.0 Å². The van der Waals surface area contributed by atoms with Crippen LogP contribution in [0.15, 0.2) is 24.5 Å². The maximum atomic E-state index is 11.5. The molecule has 3 heterocycles. The van der Waals surface area contributed by atoms with Crippen molar-refractivity contribution in [2.45, 2.75) is 45.3 Å². The van der Waals surface area contributed by atoms with E-state index in [0.717, 1.165) is 16.5 Å². The van der Waals surface area contributed by atoms with Gasteiger partial charge in [0.1, 0.15) is 0 Å². The number of carbonyl (C=O) groups is 1. The van der Waals surface area contributed by atoms with Crippen LogP contribution in [-0.4, -0.2) is 41.0 Å². The Morgan fingerprint density at radius 3 is 2.57 bits per heavy atom. The lowest BCUT2D eigenvalue weighted by atomic mass is 9.79. The highest BCUT2D eigenvalue weighted by atomic mass is 16.7. The summed E-state index contributed by atoms with van der Waals surface area (Å²) in [4.78, 5) is 11.5. The monoisotopic (exact) mass is 316 g/mol. The van der Waals surface area contributed by atoms with Gasteiger partial charge in [-0.3, -0.25) is 4.79 Å². The van der Waals surface area contributed by atoms with Crippen molar-refractivity contribution < 1.29 is 18.8 Å². The second-order valence-electron chi connectivity index (χ2n) is 6.80. The van der Waals surface area contributed by atoms with Crippen molar-refractivity contribution in [2.24, 2.45) is 0 Å². The average Bonchev–Trinajstić information content (AvgIpc) is 2.97. The number of ether oxygens (including phenoxy) is 1. The van der Waals surface area contributed by atoms with Gasteiger partial charge in [0.2, 0.25) is 0 Å². The summed E-state index contributed by atoms with van der Waals surface area (Å²) >= 11 is 0. The summed E-state index contributed by atoms with van der Waals surface area (Å²) in [5.74, 6) is -0.291. The summed E-state index contributed by atoms with van der Waals surface area (Å²) in [5, 5.41) is 4.26. The first-order chi connectivity index (χ1) is 10.7. The highest BCUT2D eigenvalue weighted by Crippen LogP contribution is 2.36. The Bertz CT molecular complexity index is 738. The van der Waals surface area contributed by atoms with Crippen LogP contribution in [0.4, 0.5) is 0 Å². The van der Waals surface area contributed by atoms with Crippen molar-refractivity contribution in [1.82, 2.24) is 9.61 Å². The first-order valence-electron chi connectivity index (χ1n) is 7.62. The van der Waals surface area contributed by atoms with Crippen LogP contribution in [-0.2, 0) is 25.3 Å². The second kappa shape index (κ2) is 5.35. The van der Waals surface area contributed by atoms with Crippen molar-refractivity contribution in [3.63, 3.8) is 0 Å². The molecule has 1 saturated heterocycles. The van der Waals surface area contributed by atoms with E-state index >= 15 is 0 Å². The Morgan fingerprint density at radius 1 is 1.30 bits per heavy atom. The smallest absolute Gasteiger partial charge is 0.469 e. The third-order valence-corrected chi connectivity index (χ3v) is 4.71. The normalized spacial score (nSPS) is 19.3. The Balaban J connectivity index is 1.94. The fourth-order valence-corrected chi connectivity index (χ4v) is 2.54. The maximum Gasteiger partial charge on any atom is 0.494 e. The largest absolute Gasteiger partial charge is 0.494 e. The predicted octanol–water partition coefficient (Wildman–Crippen LogP) is 1.35. The lowest BCUT2D eigenvalue weighted by Gasteiger charge is -2.32. The van der Waals surface area contributed by atoms with Crippen molar-refractivity contribution in [2.75, 3.05) is 7.11 Å². The molecule has 0 unspecified atom stereocenters. The van der Waals surface area contributed by atoms with Gasteiger partial charge in [0.05, 0.1) is 36.4 Å². The minimum atomic E-state index is -0.439. The molecule has 7 heteroatoms. The molecule has 0 spiro atoms. The standard InChI is InChI=1S/C16H21BN2O4/c1-15(2)16(3,4)23-17(22-15)12-6-7-19-13(9-12)11(10-18-19)8-14(20)21-5/h6-7,9-10H,8H2,1-5H3. The molecule has 0 amide bonds. The van der Waals surface area contributed by atoms with Gasteiger partial charge >= 0.3 is 13.1 Å². The minimum absolute atomic E-state index is 0.187. The lowest BCUT2D eigenvalue weighted by Crippen LogP contribution is -2.41. The molecule has 6 nitrogen and oxygen atoms in total. The molecule has 1 aliphatic heterocycles. The van der Waals surface area contributed by atoms with Gasteiger partial charge in [-0.25, -0.2) is 4.52 Å². The van der Waals surface area contributed by atoms with Crippen LogP contribution in [0.2, 0.25) is 0 Å². The van der Waals surface area contributed by atoms with Crippen molar-refractivity contribution in [3.8, 4) is 0 Å². The van der Waals surface area contributed by atoms with Crippen molar-refractivity contribution in [1.29, 1.82) is 0 Å². The third kappa shape index (κ3) is 2.75. The second-order valence-corrected chi connectivity index (χ2v) is 6.80. The average molecular weight is 316 g/mol. The number of rotatable bonds is 3. The molecule has 122 valence electrons.